The summed E-state index contributed by atoms with van der Waals surface area (Å²) in [6.45, 7) is 2.02. The molecule has 16 heavy (non-hydrogen) atoms. The van der Waals surface area contributed by atoms with Gasteiger partial charge >= 0.3 is 0 Å². The first-order valence-corrected chi connectivity index (χ1v) is 4.94. The van der Waals surface area contributed by atoms with E-state index in [0.29, 0.717) is 5.75 Å². The molecule has 0 aromatic heterocycles. The Morgan fingerprint density at radius 2 is 2.06 bits per heavy atom. The van der Waals surface area contributed by atoms with Gasteiger partial charge in [-0.05, 0) is 19.1 Å². The molecule has 1 aromatic rings. The van der Waals surface area contributed by atoms with Gasteiger partial charge in [-0.25, -0.2) is 0 Å². The van der Waals surface area contributed by atoms with E-state index in [1.807, 2.05) is 37.3 Å². The maximum absolute atomic E-state index is 11.4. The minimum absolute atomic E-state index is 0.0404. The molecule has 0 aliphatic carbocycles. The van der Waals surface area contributed by atoms with Crippen molar-refractivity contribution in [2.75, 3.05) is 20.2 Å². The van der Waals surface area contributed by atoms with Crippen LogP contribution in [0.5, 0.6) is 5.75 Å². The molecule has 0 unspecified atom stereocenters. The second kappa shape index (κ2) is 5.76. The fourth-order valence-corrected chi connectivity index (χ4v) is 1.08. The highest BCUT2D eigenvalue weighted by atomic mass is 16.5. The summed E-state index contributed by atoms with van der Waals surface area (Å²) in [7, 11) is 1.57. The molecule has 0 fully saturated rings. The van der Waals surface area contributed by atoms with Gasteiger partial charge in [0.25, 0.3) is 5.91 Å². The minimum atomic E-state index is -0.206. The van der Waals surface area contributed by atoms with Crippen LogP contribution in [0.3, 0.4) is 0 Å². The summed E-state index contributed by atoms with van der Waals surface area (Å²) in [5.74, 6) is 0.450. The Hall–Kier alpha value is -2.02. The van der Waals surface area contributed by atoms with Gasteiger partial charge in [0.1, 0.15) is 12.3 Å². The molecule has 84 valence electrons. The summed E-state index contributed by atoms with van der Waals surface area (Å²) < 4.78 is 5.29. The van der Waals surface area contributed by atoms with E-state index in [-0.39, 0.29) is 19.1 Å². The monoisotopic (exact) mass is 218 g/mol. The van der Waals surface area contributed by atoms with Gasteiger partial charge in [0.15, 0.2) is 6.61 Å². The Labute approximate surface area is 95.0 Å². The quantitative estimate of drug-likeness (QED) is 0.717. The van der Waals surface area contributed by atoms with Gasteiger partial charge in [0.05, 0.1) is 6.07 Å². The van der Waals surface area contributed by atoms with Crippen LogP contribution >= 0.6 is 0 Å². The van der Waals surface area contributed by atoms with Crippen LogP contribution in [0.4, 0.5) is 0 Å². The van der Waals surface area contributed by atoms with Gasteiger partial charge in [0, 0.05) is 7.05 Å². The Balaban J connectivity index is 2.43. The van der Waals surface area contributed by atoms with E-state index in [0.717, 1.165) is 5.56 Å². The Kier molecular flexibility index (Phi) is 4.34. The number of carbonyl (C=O) groups excluding carboxylic acids is 1. The molecule has 1 aromatic carbocycles. The summed E-state index contributed by atoms with van der Waals surface area (Å²) in [6, 6.07) is 9.36. The molecule has 0 saturated carbocycles. The van der Waals surface area contributed by atoms with Gasteiger partial charge in [-0.2, -0.15) is 5.26 Å². The predicted octanol–water partition coefficient (Wildman–Crippen LogP) is 1.36. The molecule has 0 N–H and O–H groups in total. The first-order chi connectivity index (χ1) is 7.63. The van der Waals surface area contributed by atoms with Crippen LogP contribution < -0.4 is 4.74 Å². The van der Waals surface area contributed by atoms with Crippen LogP contribution in [0.1, 0.15) is 5.56 Å². The number of carbonyl (C=O) groups is 1. The zero-order valence-corrected chi connectivity index (χ0v) is 9.43. The Morgan fingerprint density at radius 3 is 2.62 bits per heavy atom. The number of aryl methyl sites for hydroxylation is 1. The first kappa shape index (κ1) is 12.1. The molecule has 0 heterocycles. The molecule has 0 aliphatic heterocycles. The number of ether oxygens (including phenoxy) is 1. The minimum Gasteiger partial charge on any atom is -0.484 e. The van der Waals surface area contributed by atoms with E-state index < -0.39 is 0 Å². The van der Waals surface area contributed by atoms with Crippen molar-refractivity contribution >= 4 is 5.91 Å². The zero-order chi connectivity index (χ0) is 12.0. The summed E-state index contributed by atoms with van der Waals surface area (Å²) in [5.41, 5.74) is 1.14. The molecule has 0 bridgehead atoms. The van der Waals surface area contributed by atoms with Crippen molar-refractivity contribution < 1.29 is 9.53 Å². The molecule has 4 heteroatoms. The number of rotatable bonds is 4. The standard InChI is InChI=1S/C12H14N2O2/c1-10-3-5-11(6-4-10)16-9-12(15)14(2)8-7-13/h3-6H,8-9H2,1-2H3. The number of hydrogen-bond acceptors (Lipinski definition) is 3. The van der Waals surface area contributed by atoms with Gasteiger partial charge in [-0.15, -0.1) is 0 Å². The Morgan fingerprint density at radius 1 is 1.44 bits per heavy atom. The lowest BCUT2D eigenvalue weighted by Crippen LogP contribution is -2.31. The highest BCUT2D eigenvalue weighted by Crippen LogP contribution is 2.11. The third-order valence-corrected chi connectivity index (χ3v) is 2.12. The van der Waals surface area contributed by atoms with Crippen LogP contribution in [0.2, 0.25) is 0 Å². The van der Waals surface area contributed by atoms with Crippen LogP contribution in [-0.4, -0.2) is 31.0 Å². The van der Waals surface area contributed by atoms with Crippen molar-refractivity contribution in [3.8, 4) is 11.8 Å². The number of benzene rings is 1. The number of nitriles is 1. The van der Waals surface area contributed by atoms with E-state index in [4.69, 9.17) is 10.00 Å². The first-order valence-electron chi connectivity index (χ1n) is 4.94. The fraction of sp³-hybridized carbons (Fsp3) is 0.333. The largest absolute Gasteiger partial charge is 0.484 e. The maximum Gasteiger partial charge on any atom is 0.261 e. The average molecular weight is 218 g/mol. The molecule has 0 aliphatic rings. The molecular weight excluding hydrogens is 204 g/mol. The third-order valence-electron chi connectivity index (χ3n) is 2.12. The van der Waals surface area contributed by atoms with Gasteiger partial charge in [-0.3, -0.25) is 4.79 Å². The average Bonchev–Trinajstić information content (AvgIpc) is 2.28. The van der Waals surface area contributed by atoms with E-state index in [1.165, 1.54) is 4.90 Å². The van der Waals surface area contributed by atoms with Crippen LogP contribution in [-0.2, 0) is 4.79 Å². The van der Waals surface area contributed by atoms with E-state index in [2.05, 4.69) is 0 Å². The van der Waals surface area contributed by atoms with E-state index in [1.54, 1.807) is 7.05 Å². The molecule has 0 atom stereocenters. The second-order valence-corrected chi connectivity index (χ2v) is 3.51. The smallest absolute Gasteiger partial charge is 0.261 e. The lowest BCUT2D eigenvalue weighted by molar-refractivity contribution is -0.131. The van der Waals surface area contributed by atoms with Gasteiger partial charge in [0.2, 0.25) is 0 Å². The molecule has 0 spiro atoms. The maximum atomic E-state index is 11.4. The van der Waals surface area contributed by atoms with Gasteiger partial charge in [-0.1, -0.05) is 17.7 Å². The Bertz CT molecular complexity index is 392. The summed E-state index contributed by atoms with van der Waals surface area (Å²) in [4.78, 5) is 12.8. The molecule has 1 rings (SSSR count). The van der Waals surface area contributed by atoms with Crippen molar-refractivity contribution in [1.82, 2.24) is 4.90 Å². The lowest BCUT2D eigenvalue weighted by atomic mass is 10.2. The van der Waals surface area contributed by atoms with Gasteiger partial charge < -0.3 is 9.64 Å². The van der Waals surface area contributed by atoms with Crippen LogP contribution in [0, 0.1) is 18.3 Å². The number of likely N-dealkylation sites (N-methyl/N-ethyl adjacent to an activating group) is 1. The van der Waals surface area contributed by atoms with E-state index >= 15 is 0 Å². The van der Waals surface area contributed by atoms with Crippen molar-refractivity contribution in [3.05, 3.63) is 29.8 Å². The number of amides is 1. The predicted molar refractivity (Wildman–Crippen MR) is 59.9 cm³/mol. The van der Waals surface area contributed by atoms with Crippen LogP contribution in [0.15, 0.2) is 24.3 Å². The fourth-order valence-electron chi connectivity index (χ4n) is 1.08. The lowest BCUT2D eigenvalue weighted by Gasteiger charge is -2.13. The molecule has 0 saturated heterocycles. The number of hydrogen-bond donors (Lipinski definition) is 0. The molecule has 1 amide bonds. The summed E-state index contributed by atoms with van der Waals surface area (Å²) in [5, 5.41) is 8.42. The number of nitrogens with zero attached hydrogens (tertiary/aromatic N) is 2. The zero-order valence-electron chi connectivity index (χ0n) is 9.43. The third kappa shape index (κ3) is 3.62. The van der Waals surface area contributed by atoms with Crippen molar-refractivity contribution in [2.45, 2.75) is 6.92 Å². The van der Waals surface area contributed by atoms with Crippen LogP contribution in [0.25, 0.3) is 0 Å². The normalized spacial score (nSPS) is 9.31. The van der Waals surface area contributed by atoms with Crippen molar-refractivity contribution in [2.24, 2.45) is 0 Å². The second-order valence-electron chi connectivity index (χ2n) is 3.51. The van der Waals surface area contributed by atoms with Crippen molar-refractivity contribution in [1.29, 1.82) is 5.26 Å². The molecular formula is C12H14N2O2. The molecule has 4 nitrogen and oxygen atoms in total. The topological polar surface area (TPSA) is 53.3 Å². The highest BCUT2D eigenvalue weighted by Gasteiger charge is 2.08. The summed E-state index contributed by atoms with van der Waals surface area (Å²) >= 11 is 0. The highest BCUT2D eigenvalue weighted by molar-refractivity contribution is 5.77. The SMILES string of the molecule is Cc1ccc(OCC(=O)N(C)CC#N)cc1. The van der Waals surface area contributed by atoms with Crippen molar-refractivity contribution in [3.63, 3.8) is 0 Å². The molecule has 0 radical (unpaired) electrons. The summed E-state index contributed by atoms with van der Waals surface area (Å²) in [6.07, 6.45) is 0. The van der Waals surface area contributed by atoms with E-state index in [9.17, 15) is 4.79 Å².